The second-order valence-corrected chi connectivity index (χ2v) is 5.98. The molecule has 0 aromatic carbocycles. The number of amidine groups is 4. The Bertz CT molecular complexity index is 866. The van der Waals surface area contributed by atoms with Crippen LogP contribution in [0, 0.1) is 10.8 Å². The van der Waals surface area contributed by atoms with Crippen LogP contribution in [0.25, 0.3) is 0 Å². The summed E-state index contributed by atoms with van der Waals surface area (Å²) >= 11 is 0. The van der Waals surface area contributed by atoms with Gasteiger partial charge in [0.25, 0.3) is 0 Å². The summed E-state index contributed by atoms with van der Waals surface area (Å²) < 4.78 is 0. The van der Waals surface area contributed by atoms with E-state index in [9.17, 15) is 0 Å². The normalized spacial score (nSPS) is 24.9. The van der Waals surface area contributed by atoms with E-state index in [0.717, 1.165) is 11.4 Å². The summed E-state index contributed by atoms with van der Waals surface area (Å²) in [4.78, 5) is 18.2. The molecule has 2 aliphatic carbocycles. The molecule has 126 valence electrons. The van der Waals surface area contributed by atoms with E-state index in [-0.39, 0.29) is 43.2 Å². The summed E-state index contributed by atoms with van der Waals surface area (Å²) in [6, 6.07) is -0.252. The van der Waals surface area contributed by atoms with Crippen LogP contribution < -0.4 is 11.5 Å². The van der Waals surface area contributed by atoms with Gasteiger partial charge in [-0.25, -0.2) is 9.98 Å². The molecule has 6 N–H and O–H groups in total. The van der Waals surface area contributed by atoms with Gasteiger partial charge in [-0.1, -0.05) is 24.3 Å². The van der Waals surface area contributed by atoms with Gasteiger partial charge < -0.3 is 11.5 Å². The summed E-state index contributed by atoms with van der Waals surface area (Å²) in [5.41, 5.74) is 13.9. The molecule has 26 heavy (non-hydrogen) atoms. The van der Waals surface area contributed by atoms with Gasteiger partial charge in [0.15, 0.2) is 0 Å². The molecule has 2 aliphatic heterocycles. The average molecular weight is 398 g/mol. The fraction of sp³-hybridized carbons (Fsp3) is 0.176. The van der Waals surface area contributed by atoms with E-state index in [2.05, 4.69) is 20.0 Å². The van der Waals surface area contributed by atoms with Crippen molar-refractivity contribution in [3.05, 3.63) is 47.6 Å². The maximum absolute atomic E-state index is 7.50. The van der Waals surface area contributed by atoms with Crippen molar-refractivity contribution in [2.45, 2.75) is 18.5 Å². The van der Waals surface area contributed by atoms with E-state index in [1.54, 1.807) is 24.3 Å². The van der Waals surface area contributed by atoms with Crippen molar-refractivity contribution in [2.24, 2.45) is 31.4 Å². The van der Waals surface area contributed by atoms with Crippen molar-refractivity contribution in [1.29, 1.82) is 10.8 Å². The van der Waals surface area contributed by atoms with Gasteiger partial charge in [-0.15, -0.1) is 0 Å². The third-order valence-electron chi connectivity index (χ3n) is 4.16. The molecule has 0 amide bonds. The van der Waals surface area contributed by atoms with Crippen LogP contribution in [0.5, 0.6) is 0 Å². The summed E-state index contributed by atoms with van der Waals surface area (Å²) in [6.07, 6.45) is 11.4. The molecule has 8 nitrogen and oxygen atoms in total. The van der Waals surface area contributed by atoms with Crippen LogP contribution in [-0.2, 0) is 19.5 Å². The van der Waals surface area contributed by atoms with Crippen LogP contribution in [0.1, 0.15) is 6.42 Å². The van der Waals surface area contributed by atoms with Crippen molar-refractivity contribution in [3.63, 3.8) is 0 Å². The zero-order valence-corrected chi connectivity index (χ0v) is 16.9. The molecule has 0 saturated heterocycles. The average Bonchev–Trinajstić information content (AvgIpc) is 3.15. The fourth-order valence-corrected chi connectivity index (χ4v) is 2.91. The molecule has 0 aromatic rings. The van der Waals surface area contributed by atoms with Crippen LogP contribution in [0.3, 0.4) is 0 Å². The van der Waals surface area contributed by atoms with Crippen LogP contribution in [0.15, 0.2) is 67.6 Å². The van der Waals surface area contributed by atoms with Crippen LogP contribution in [0.4, 0.5) is 0 Å². The molecule has 9 heteroatoms. The zero-order chi connectivity index (χ0) is 17.6. The van der Waals surface area contributed by atoms with Gasteiger partial charge in [0.1, 0.15) is 35.4 Å². The summed E-state index contributed by atoms with van der Waals surface area (Å²) in [5, 5.41) is 15.0. The number of rotatable bonds is 4. The Morgan fingerprint density at radius 3 is 1.65 bits per heavy atom. The molecule has 0 spiro atoms. The Morgan fingerprint density at radius 1 is 0.846 bits per heavy atom. The molecule has 0 fully saturated rings. The van der Waals surface area contributed by atoms with Gasteiger partial charge in [-0.3, -0.25) is 20.8 Å². The maximum atomic E-state index is 7.50. The van der Waals surface area contributed by atoms with E-state index in [1.807, 2.05) is 12.2 Å². The summed E-state index contributed by atoms with van der Waals surface area (Å²) in [6.45, 7) is 0. The molecule has 0 saturated carbocycles. The van der Waals surface area contributed by atoms with Crippen molar-refractivity contribution in [1.82, 2.24) is 0 Å². The third-order valence-corrected chi connectivity index (χ3v) is 4.16. The molecular weight excluding hydrogens is 382 g/mol. The smallest absolute Gasteiger partial charge is 0.132 e. The second kappa shape index (κ2) is 6.84. The first-order chi connectivity index (χ1) is 12.0. The van der Waals surface area contributed by atoms with Crippen molar-refractivity contribution in [3.8, 4) is 0 Å². The first-order valence-corrected chi connectivity index (χ1v) is 7.79. The molecular formula is C17H16N8Zn. The molecule has 0 aromatic heterocycles. The number of hydrogen-bond acceptors (Lipinski definition) is 6. The Labute approximate surface area is 162 Å². The largest absolute Gasteiger partial charge is 0.384 e. The molecule has 0 bridgehead atoms. The molecule has 2 atom stereocenters. The second-order valence-electron chi connectivity index (χ2n) is 5.98. The minimum atomic E-state index is -0.126. The minimum absolute atomic E-state index is 0. The zero-order valence-electron chi connectivity index (χ0n) is 14.0. The van der Waals surface area contributed by atoms with E-state index in [4.69, 9.17) is 22.3 Å². The molecule has 2 heterocycles. The van der Waals surface area contributed by atoms with Gasteiger partial charge in [0.2, 0.25) is 0 Å². The minimum Gasteiger partial charge on any atom is -0.384 e. The molecule has 0 radical (unpaired) electrons. The van der Waals surface area contributed by atoms with Crippen LogP contribution in [-0.4, -0.2) is 46.8 Å². The standard InChI is InChI=1S/C17H16N8.Zn/c18-16(19)8-1-3-10-12(5-8)24-14(22-10)7-15-23-11-4-2-9(17(20)21)6-13(11)25-15;/h1-6,10-11H,7H2,(H3,18,19)(H3,20,21);. The fourth-order valence-electron chi connectivity index (χ4n) is 2.91. The number of nitrogens with one attached hydrogen (secondary N) is 2. The first kappa shape index (κ1) is 18.0. The van der Waals surface area contributed by atoms with E-state index in [1.165, 1.54) is 0 Å². The van der Waals surface area contributed by atoms with Gasteiger partial charge in [0.05, 0.1) is 17.8 Å². The van der Waals surface area contributed by atoms with Gasteiger partial charge in [-0.2, -0.15) is 0 Å². The van der Waals surface area contributed by atoms with Gasteiger partial charge in [0, 0.05) is 30.6 Å². The summed E-state index contributed by atoms with van der Waals surface area (Å²) in [7, 11) is 0. The Balaban J connectivity index is 0.00000196. The van der Waals surface area contributed by atoms with Gasteiger partial charge >= 0.3 is 0 Å². The Hall–Kier alpha value is -2.80. The first-order valence-electron chi connectivity index (χ1n) is 7.79. The van der Waals surface area contributed by atoms with Crippen LogP contribution in [0.2, 0.25) is 0 Å². The molecule has 4 rings (SSSR count). The third kappa shape index (κ3) is 3.30. The van der Waals surface area contributed by atoms with E-state index < -0.39 is 0 Å². The predicted molar refractivity (Wildman–Crippen MR) is 100 cm³/mol. The molecule has 2 unspecified atom stereocenters. The number of nitrogens with zero attached hydrogens (tertiary/aromatic N) is 4. The summed E-state index contributed by atoms with van der Waals surface area (Å²) in [5.74, 6) is 1.35. The van der Waals surface area contributed by atoms with E-state index in [0.29, 0.717) is 29.2 Å². The topological polar surface area (TPSA) is 149 Å². The number of hydrogen-bond donors (Lipinski definition) is 4. The van der Waals surface area contributed by atoms with Gasteiger partial charge in [-0.05, 0) is 12.2 Å². The predicted octanol–water partition coefficient (Wildman–Crippen LogP) is 0.682. The van der Waals surface area contributed by atoms with E-state index >= 15 is 0 Å². The number of fused-ring (bicyclic) bond motifs is 2. The Morgan fingerprint density at radius 2 is 1.27 bits per heavy atom. The number of aliphatic imine (C=N–C) groups is 4. The van der Waals surface area contributed by atoms with Crippen molar-refractivity contribution in [2.75, 3.05) is 0 Å². The SMILES string of the molecule is N=C(N)C1=CC2=NC(CC3=NC4C=CC(C(=N)N)=CC4=N3)=NC2C=C1.[Zn]. The molecule has 4 aliphatic rings. The quantitative estimate of drug-likeness (QED) is 0.313. The van der Waals surface area contributed by atoms with Crippen LogP contribution >= 0.6 is 0 Å². The number of nitrogens with two attached hydrogens (primary N) is 2. The monoisotopic (exact) mass is 396 g/mol. The van der Waals surface area contributed by atoms with Crippen molar-refractivity contribution < 1.29 is 19.5 Å². The Kier molecular flexibility index (Phi) is 4.74. The van der Waals surface area contributed by atoms with Crippen molar-refractivity contribution >= 4 is 34.8 Å². The maximum Gasteiger partial charge on any atom is 0.132 e.